The fourth-order valence-electron chi connectivity index (χ4n) is 1.81. The van der Waals surface area contributed by atoms with Crippen molar-refractivity contribution in [1.29, 1.82) is 0 Å². The summed E-state index contributed by atoms with van der Waals surface area (Å²) < 4.78 is 13.8. The monoisotopic (exact) mass is 239 g/mol. The molecule has 0 aliphatic carbocycles. The summed E-state index contributed by atoms with van der Waals surface area (Å²) in [6.45, 7) is 4.52. The molecular formula is C13H18FNO2. The molecule has 94 valence electrons. The number of carbonyl (C=O) groups excluding carboxylic acids is 1. The molecule has 0 aromatic heterocycles. The first-order chi connectivity index (χ1) is 8.11. The van der Waals surface area contributed by atoms with Crippen LogP contribution in [-0.4, -0.2) is 30.6 Å². The number of rotatable bonds is 6. The van der Waals surface area contributed by atoms with Crippen LogP contribution in [0.25, 0.3) is 0 Å². The zero-order valence-electron chi connectivity index (χ0n) is 10.2. The molecule has 1 N–H and O–H groups in total. The summed E-state index contributed by atoms with van der Waals surface area (Å²) in [6.07, 6.45) is 0.555. The number of hydrogen-bond donors (Lipinski definition) is 1. The molecule has 1 aromatic rings. The average molecular weight is 239 g/mol. The van der Waals surface area contributed by atoms with Crippen LogP contribution in [0.3, 0.4) is 0 Å². The predicted octanol–water partition coefficient (Wildman–Crippen LogP) is 2.24. The average Bonchev–Trinajstić information content (AvgIpc) is 2.31. The van der Waals surface area contributed by atoms with Gasteiger partial charge in [-0.1, -0.05) is 6.07 Å². The standard InChI is InChI=1S/C13H18FNO2/c1-3-15(8-5-9-16)13-11(10(2)17)6-4-7-12(13)14/h4,6-7,16H,3,5,8-9H2,1-2H3. The smallest absolute Gasteiger partial charge is 0.161 e. The molecule has 0 atom stereocenters. The molecule has 1 rings (SSSR count). The van der Waals surface area contributed by atoms with Gasteiger partial charge in [0.05, 0.1) is 5.69 Å². The Hall–Kier alpha value is -1.42. The minimum Gasteiger partial charge on any atom is -0.396 e. The zero-order chi connectivity index (χ0) is 12.8. The van der Waals surface area contributed by atoms with Gasteiger partial charge in [-0.25, -0.2) is 4.39 Å². The van der Waals surface area contributed by atoms with Gasteiger partial charge in [-0.3, -0.25) is 4.79 Å². The van der Waals surface area contributed by atoms with E-state index >= 15 is 0 Å². The van der Waals surface area contributed by atoms with Crippen LogP contribution in [0.4, 0.5) is 10.1 Å². The number of ketones is 1. The van der Waals surface area contributed by atoms with E-state index in [9.17, 15) is 9.18 Å². The zero-order valence-corrected chi connectivity index (χ0v) is 10.2. The second-order valence-corrected chi connectivity index (χ2v) is 3.85. The number of para-hydroxylation sites is 1. The molecule has 0 bridgehead atoms. The first-order valence-corrected chi connectivity index (χ1v) is 5.77. The first-order valence-electron chi connectivity index (χ1n) is 5.77. The second-order valence-electron chi connectivity index (χ2n) is 3.85. The van der Waals surface area contributed by atoms with Gasteiger partial charge in [0.25, 0.3) is 0 Å². The number of hydrogen-bond acceptors (Lipinski definition) is 3. The maximum atomic E-state index is 13.8. The molecule has 0 fully saturated rings. The number of halogens is 1. The fourth-order valence-corrected chi connectivity index (χ4v) is 1.81. The molecule has 0 saturated carbocycles. The Morgan fingerprint density at radius 3 is 2.71 bits per heavy atom. The van der Waals surface area contributed by atoms with Crippen molar-refractivity contribution < 1.29 is 14.3 Å². The lowest BCUT2D eigenvalue weighted by molar-refractivity contribution is 0.101. The second kappa shape index (κ2) is 6.35. The molecule has 0 heterocycles. The molecule has 17 heavy (non-hydrogen) atoms. The van der Waals surface area contributed by atoms with E-state index in [1.807, 2.05) is 6.92 Å². The van der Waals surface area contributed by atoms with E-state index in [1.165, 1.54) is 19.1 Å². The van der Waals surface area contributed by atoms with Crippen molar-refractivity contribution in [1.82, 2.24) is 0 Å². The minimum atomic E-state index is -0.391. The lowest BCUT2D eigenvalue weighted by atomic mass is 10.1. The van der Waals surface area contributed by atoms with Gasteiger partial charge < -0.3 is 10.0 Å². The van der Waals surface area contributed by atoms with Crippen LogP contribution in [0.2, 0.25) is 0 Å². The van der Waals surface area contributed by atoms with Gasteiger partial charge in [-0.2, -0.15) is 0 Å². The minimum absolute atomic E-state index is 0.0559. The van der Waals surface area contributed by atoms with Crippen LogP contribution in [0.15, 0.2) is 18.2 Å². The Labute approximate surface area is 101 Å². The van der Waals surface area contributed by atoms with Crippen molar-refractivity contribution in [2.75, 3.05) is 24.6 Å². The van der Waals surface area contributed by atoms with Gasteiger partial charge >= 0.3 is 0 Å². The van der Waals surface area contributed by atoms with Gasteiger partial charge in [0.15, 0.2) is 5.78 Å². The van der Waals surface area contributed by atoms with E-state index in [2.05, 4.69) is 0 Å². The van der Waals surface area contributed by atoms with Gasteiger partial charge in [-0.05, 0) is 32.4 Å². The summed E-state index contributed by atoms with van der Waals surface area (Å²) in [5.74, 6) is -0.542. The highest BCUT2D eigenvalue weighted by atomic mass is 19.1. The number of Topliss-reactive ketones (excluding diaryl/α,β-unsaturated/α-hetero) is 1. The Balaban J connectivity index is 3.11. The third-order valence-corrected chi connectivity index (χ3v) is 2.65. The van der Waals surface area contributed by atoms with Crippen molar-refractivity contribution in [2.45, 2.75) is 20.3 Å². The first kappa shape index (κ1) is 13.6. The third-order valence-electron chi connectivity index (χ3n) is 2.65. The predicted molar refractivity (Wildman–Crippen MR) is 66.0 cm³/mol. The van der Waals surface area contributed by atoms with Crippen LogP contribution in [0.5, 0.6) is 0 Å². The number of aliphatic hydroxyl groups excluding tert-OH is 1. The van der Waals surface area contributed by atoms with E-state index < -0.39 is 5.82 Å². The molecule has 0 radical (unpaired) electrons. The summed E-state index contributed by atoms with van der Waals surface area (Å²) in [7, 11) is 0. The Morgan fingerprint density at radius 2 is 2.18 bits per heavy atom. The molecule has 0 unspecified atom stereocenters. The molecule has 0 aliphatic rings. The number of benzene rings is 1. The summed E-state index contributed by atoms with van der Waals surface area (Å²) in [4.78, 5) is 13.2. The summed E-state index contributed by atoms with van der Waals surface area (Å²) >= 11 is 0. The maximum Gasteiger partial charge on any atom is 0.161 e. The number of aliphatic hydroxyl groups is 1. The number of nitrogens with zero attached hydrogens (tertiary/aromatic N) is 1. The van der Waals surface area contributed by atoms with E-state index in [0.717, 1.165) is 0 Å². The van der Waals surface area contributed by atoms with Crippen LogP contribution in [-0.2, 0) is 0 Å². The van der Waals surface area contributed by atoms with Crippen molar-refractivity contribution in [3.63, 3.8) is 0 Å². The summed E-state index contributed by atoms with van der Waals surface area (Å²) in [5, 5.41) is 8.82. The highest BCUT2D eigenvalue weighted by molar-refractivity contribution is 5.99. The van der Waals surface area contributed by atoms with Crippen molar-refractivity contribution in [3.8, 4) is 0 Å². The summed E-state index contributed by atoms with van der Waals surface area (Å²) in [5.41, 5.74) is 0.737. The highest BCUT2D eigenvalue weighted by Crippen LogP contribution is 2.25. The molecule has 0 spiro atoms. The van der Waals surface area contributed by atoms with Crippen molar-refractivity contribution in [2.24, 2.45) is 0 Å². The van der Waals surface area contributed by atoms with Crippen LogP contribution >= 0.6 is 0 Å². The Morgan fingerprint density at radius 1 is 1.47 bits per heavy atom. The Bertz CT molecular complexity index is 393. The topological polar surface area (TPSA) is 40.5 Å². The van der Waals surface area contributed by atoms with Gasteiger partial charge in [0.2, 0.25) is 0 Å². The Kier molecular flexibility index (Phi) is 5.10. The van der Waals surface area contributed by atoms with E-state index in [0.29, 0.717) is 30.8 Å². The molecule has 1 aromatic carbocycles. The summed E-state index contributed by atoms with van der Waals surface area (Å²) in [6, 6.07) is 4.52. The molecule has 0 saturated heterocycles. The number of carbonyl (C=O) groups is 1. The lowest BCUT2D eigenvalue weighted by Crippen LogP contribution is -2.27. The van der Waals surface area contributed by atoms with Gasteiger partial charge in [0, 0.05) is 25.3 Å². The van der Waals surface area contributed by atoms with Crippen LogP contribution in [0.1, 0.15) is 30.6 Å². The van der Waals surface area contributed by atoms with Crippen LogP contribution < -0.4 is 4.90 Å². The molecule has 3 nitrogen and oxygen atoms in total. The van der Waals surface area contributed by atoms with Gasteiger partial charge in [0.1, 0.15) is 5.82 Å². The van der Waals surface area contributed by atoms with E-state index in [-0.39, 0.29) is 12.4 Å². The van der Waals surface area contributed by atoms with Gasteiger partial charge in [-0.15, -0.1) is 0 Å². The largest absolute Gasteiger partial charge is 0.396 e. The normalized spacial score (nSPS) is 10.4. The molecule has 4 heteroatoms. The fraction of sp³-hybridized carbons (Fsp3) is 0.462. The SMILES string of the molecule is CCN(CCCO)c1c(F)cccc1C(C)=O. The van der Waals surface area contributed by atoms with Crippen molar-refractivity contribution >= 4 is 11.5 Å². The lowest BCUT2D eigenvalue weighted by Gasteiger charge is -2.25. The van der Waals surface area contributed by atoms with Crippen molar-refractivity contribution in [3.05, 3.63) is 29.6 Å². The quantitative estimate of drug-likeness (QED) is 0.774. The highest BCUT2D eigenvalue weighted by Gasteiger charge is 2.16. The number of anilines is 1. The van der Waals surface area contributed by atoms with Crippen LogP contribution in [0, 0.1) is 5.82 Å². The maximum absolute atomic E-state index is 13.8. The molecule has 0 amide bonds. The molecule has 0 aliphatic heterocycles. The third kappa shape index (κ3) is 3.27. The van der Waals surface area contributed by atoms with E-state index in [4.69, 9.17) is 5.11 Å². The van der Waals surface area contributed by atoms with E-state index in [1.54, 1.807) is 11.0 Å². The molecular weight excluding hydrogens is 221 g/mol.